The number of halogens is 1. The van der Waals surface area contributed by atoms with E-state index in [1.807, 2.05) is 29.8 Å². The number of Topliss-reactive ketones (excluding diaryl/α,β-unsaturated/α-hetero) is 1. The first kappa shape index (κ1) is 10.2. The van der Waals surface area contributed by atoms with Gasteiger partial charge in [-0.05, 0) is 18.2 Å². The van der Waals surface area contributed by atoms with Crippen molar-refractivity contribution in [1.82, 2.24) is 9.55 Å². The van der Waals surface area contributed by atoms with Crippen LogP contribution in [-0.4, -0.2) is 21.2 Å². The average molecular weight is 223 g/mol. The summed E-state index contributed by atoms with van der Waals surface area (Å²) >= 11 is 5.53. The molecule has 0 aliphatic carbocycles. The highest BCUT2D eigenvalue weighted by molar-refractivity contribution is 6.19. The zero-order valence-electron chi connectivity index (χ0n) is 8.40. The molecule has 0 N–H and O–H groups in total. The minimum Gasteiger partial charge on any atom is -0.334 e. The maximum atomic E-state index is 11.6. The van der Waals surface area contributed by atoms with Crippen molar-refractivity contribution in [3.8, 4) is 0 Å². The minimum absolute atomic E-state index is 0.0672. The summed E-state index contributed by atoms with van der Waals surface area (Å²) in [7, 11) is 1.93. The molecule has 2 aromatic rings. The third-order valence-corrected chi connectivity index (χ3v) is 2.56. The predicted octanol–water partition coefficient (Wildman–Crippen LogP) is 2.38. The van der Waals surface area contributed by atoms with E-state index in [0.29, 0.717) is 17.9 Å². The quantitative estimate of drug-likeness (QED) is 0.591. The predicted molar refractivity (Wildman–Crippen MR) is 60.4 cm³/mol. The standard InChI is InChI=1S/C11H11ClN2O/c1-14-7-13-9-6-8(2-3-10(9)14)11(15)4-5-12/h2-3,6-7H,4-5H2,1H3. The molecule has 0 aliphatic heterocycles. The molecule has 3 nitrogen and oxygen atoms in total. The number of carbonyl (C=O) groups is 1. The molecule has 1 aromatic carbocycles. The van der Waals surface area contributed by atoms with Crippen LogP contribution in [0.25, 0.3) is 11.0 Å². The number of hydrogen-bond donors (Lipinski definition) is 0. The molecule has 1 aromatic heterocycles. The molecule has 0 saturated carbocycles. The molecule has 0 saturated heterocycles. The lowest BCUT2D eigenvalue weighted by atomic mass is 10.1. The van der Waals surface area contributed by atoms with Gasteiger partial charge in [-0.1, -0.05) is 0 Å². The van der Waals surface area contributed by atoms with Gasteiger partial charge in [-0.15, -0.1) is 11.6 Å². The molecule has 0 fully saturated rings. The van der Waals surface area contributed by atoms with Crippen molar-refractivity contribution in [2.75, 3.05) is 5.88 Å². The average Bonchev–Trinajstić information content (AvgIpc) is 2.60. The fourth-order valence-corrected chi connectivity index (χ4v) is 1.71. The molecule has 0 amide bonds. The topological polar surface area (TPSA) is 34.9 Å². The van der Waals surface area contributed by atoms with E-state index in [4.69, 9.17) is 11.6 Å². The number of hydrogen-bond acceptors (Lipinski definition) is 2. The summed E-state index contributed by atoms with van der Waals surface area (Å²) in [4.78, 5) is 15.8. The van der Waals surface area contributed by atoms with Crippen LogP contribution < -0.4 is 0 Å². The first-order valence-corrected chi connectivity index (χ1v) is 5.26. The van der Waals surface area contributed by atoms with E-state index in [1.54, 1.807) is 6.33 Å². The molecule has 1 heterocycles. The molecule has 0 aliphatic rings. The summed E-state index contributed by atoms with van der Waals surface area (Å²) in [5.74, 6) is 0.427. The van der Waals surface area contributed by atoms with Crippen molar-refractivity contribution in [3.63, 3.8) is 0 Å². The molecule has 78 valence electrons. The summed E-state index contributed by atoms with van der Waals surface area (Å²) in [5.41, 5.74) is 2.55. The van der Waals surface area contributed by atoms with E-state index in [0.717, 1.165) is 11.0 Å². The number of nitrogens with zero attached hydrogens (tertiary/aromatic N) is 2. The number of aromatic nitrogens is 2. The van der Waals surface area contributed by atoms with E-state index >= 15 is 0 Å². The molecular weight excluding hydrogens is 212 g/mol. The van der Waals surface area contributed by atoms with Crippen molar-refractivity contribution < 1.29 is 4.79 Å². The Labute approximate surface area is 92.7 Å². The van der Waals surface area contributed by atoms with Crippen molar-refractivity contribution in [1.29, 1.82) is 0 Å². The molecular formula is C11H11ClN2O. The summed E-state index contributed by atoms with van der Waals surface area (Å²) in [6.07, 6.45) is 2.11. The van der Waals surface area contributed by atoms with Gasteiger partial charge in [0.2, 0.25) is 0 Å². The van der Waals surface area contributed by atoms with Crippen LogP contribution in [0.2, 0.25) is 0 Å². The highest BCUT2D eigenvalue weighted by Gasteiger charge is 2.07. The van der Waals surface area contributed by atoms with Gasteiger partial charge in [0.1, 0.15) is 0 Å². The fraction of sp³-hybridized carbons (Fsp3) is 0.273. The SMILES string of the molecule is Cn1cnc2cc(C(=O)CCCl)ccc21. The summed E-state index contributed by atoms with van der Waals surface area (Å²) in [6.45, 7) is 0. The Morgan fingerprint density at radius 2 is 2.33 bits per heavy atom. The fourth-order valence-electron chi connectivity index (χ4n) is 1.54. The van der Waals surface area contributed by atoms with Gasteiger partial charge in [0.25, 0.3) is 0 Å². The highest BCUT2D eigenvalue weighted by Crippen LogP contribution is 2.15. The maximum absolute atomic E-state index is 11.6. The van der Waals surface area contributed by atoms with Gasteiger partial charge in [-0.3, -0.25) is 4.79 Å². The monoisotopic (exact) mass is 222 g/mol. The smallest absolute Gasteiger partial charge is 0.164 e. The summed E-state index contributed by atoms with van der Waals surface area (Å²) in [5, 5.41) is 0. The highest BCUT2D eigenvalue weighted by atomic mass is 35.5. The Morgan fingerprint density at radius 1 is 1.53 bits per heavy atom. The number of imidazole rings is 1. The lowest BCUT2D eigenvalue weighted by molar-refractivity contribution is 0.0989. The number of alkyl halides is 1. The summed E-state index contributed by atoms with van der Waals surface area (Å²) < 4.78 is 1.92. The van der Waals surface area contributed by atoms with Crippen LogP contribution in [0.1, 0.15) is 16.8 Å². The first-order valence-electron chi connectivity index (χ1n) is 4.72. The Bertz CT molecular complexity index is 504. The van der Waals surface area contributed by atoms with E-state index in [1.165, 1.54) is 0 Å². The molecule has 0 unspecified atom stereocenters. The maximum Gasteiger partial charge on any atom is 0.164 e. The number of ketones is 1. The molecule has 0 radical (unpaired) electrons. The van der Waals surface area contributed by atoms with Gasteiger partial charge in [-0.2, -0.15) is 0 Å². The number of aryl methyl sites for hydroxylation is 1. The van der Waals surface area contributed by atoms with Crippen molar-refractivity contribution in [2.24, 2.45) is 7.05 Å². The third-order valence-electron chi connectivity index (χ3n) is 2.37. The first-order chi connectivity index (χ1) is 7.22. The van der Waals surface area contributed by atoms with E-state index in [9.17, 15) is 4.79 Å². The molecule has 0 atom stereocenters. The van der Waals surface area contributed by atoms with Crippen molar-refractivity contribution >= 4 is 28.4 Å². The molecule has 0 bridgehead atoms. The number of benzene rings is 1. The molecule has 2 rings (SSSR count). The van der Waals surface area contributed by atoms with E-state index in [-0.39, 0.29) is 5.78 Å². The van der Waals surface area contributed by atoms with Gasteiger partial charge in [0.05, 0.1) is 17.4 Å². The Kier molecular flexibility index (Phi) is 2.73. The van der Waals surface area contributed by atoms with Crippen LogP contribution in [0.5, 0.6) is 0 Å². The number of fused-ring (bicyclic) bond motifs is 1. The van der Waals surface area contributed by atoms with E-state index < -0.39 is 0 Å². The second-order valence-corrected chi connectivity index (χ2v) is 3.80. The van der Waals surface area contributed by atoms with Gasteiger partial charge >= 0.3 is 0 Å². The number of carbonyl (C=O) groups excluding carboxylic acids is 1. The van der Waals surface area contributed by atoms with Crippen molar-refractivity contribution in [2.45, 2.75) is 6.42 Å². The van der Waals surface area contributed by atoms with Gasteiger partial charge in [0.15, 0.2) is 5.78 Å². The normalized spacial score (nSPS) is 10.8. The Morgan fingerprint density at radius 3 is 3.07 bits per heavy atom. The van der Waals surface area contributed by atoms with Crippen LogP contribution in [0.4, 0.5) is 0 Å². The molecule has 15 heavy (non-hydrogen) atoms. The summed E-state index contributed by atoms with van der Waals surface area (Å²) in [6, 6.07) is 5.53. The Balaban J connectivity index is 2.43. The van der Waals surface area contributed by atoms with Crippen LogP contribution in [-0.2, 0) is 7.05 Å². The van der Waals surface area contributed by atoms with Gasteiger partial charge in [-0.25, -0.2) is 4.98 Å². The lowest BCUT2D eigenvalue weighted by Crippen LogP contribution is -1.99. The second-order valence-electron chi connectivity index (χ2n) is 3.42. The Hall–Kier alpha value is -1.35. The van der Waals surface area contributed by atoms with Crippen LogP contribution in [0, 0.1) is 0 Å². The zero-order valence-corrected chi connectivity index (χ0v) is 9.16. The van der Waals surface area contributed by atoms with E-state index in [2.05, 4.69) is 4.98 Å². The number of rotatable bonds is 3. The second kappa shape index (κ2) is 4.03. The minimum atomic E-state index is 0.0672. The van der Waals surface area contributed by atoms with Crippen LogP contribution in [0.3, 0.4) is 0 Å². The molecule has 4 heteroatoms. The lowest BCUT2D eigenvalue weighted by Gasteiger charge is -1.99. The van der Waals surface area contributed by atoms with Gasteiger partial charge in [0, 0.05) is 24.9 Å². The third kappa shape index (κ3) is 1.88. The van der Waals surface area contributed by atoms with Crippen LogP contribution >= 0.6 is 11.6 Å². The van der Waals surface area contributed by atoms with Crippen molar-refractivity contribution in [3.05, 3.63) is 30.1 Å². The molecule has 0 spiro atoms. The largest absolute Gasteiger partial charge is 0.334 e. The zero-order chi connectivity index (χ0) is 10.8. The van der Waals surface area contributed by atoms with Crippen LogP contribution in [0.15, 0.2) is 24.5 Å². The van der Waals surface area contributed by atoms with Gasteiger partial charge < -0.3 is 4.57 Å².